The number of esters is 1. The molecule has 0 atom stereocenters. The predicted molar refractivity (Wildman–Crippen MR) is 104 cm³/mol. The van der Waals surface area contributed by atoms with Crippen LogP contribution in [0.25, 0.3) is 0 Å². The molecule has 1 saturated heterocycles. The monoisotopic (exact) mass is 391 g/mol. The van der Waals surface area contributed by atoms with Crippen molar-refractivity contribution in [2.45, 2.75) is 51.9 Å². The van der Waals surface area contributed by atoms with E-state index >= 15 is 0 Å². The summed E-state index contributed by atoms with van der Waals surface area (Å²) in [6, 6.07) is 4.22. The number of benzene rings is 1. The van der Waals surface area contributed by atoms with Crippen molar-refractivity contribution >= 4 is 11.9 Å². The Morgan fingerprint density at radius 2 is 1.96 bits per heavy atom. The van der Waals surface area contributed by atoms with E-state index in [2.05, 4.69) is 4.74 Å². The minimum Gasteiger partial charge on any atom is -0.493 e. The number of hydrogen-bond acceptors (Lipinski definition) is 4. The number of rotatable bonds is 7. The van der Waals surface area contributed by atoms with Crippen LogP contribution in [-0.2, 0) is 9.53 Å². The first-order valence-corrected chi connectivity index (χ1v) is 10.2. The number of piperidine rings is 1. The van der Waals surface area contributed by atoms with Gasteiger partial charge >= 0.3 is 5.97 Å². The van der Waals surface area contributed by atoms with Gasteiger partial charge in [0.05, 0.1) is 19.3 Å². The first-order valence-electron chi connectivity index (χ1n) is 10.2. The van der Waals surface area contributed by atoms with Gasteiger partial charge in [0, 0.05) is 25.6 Å². The predicted octanol–water partition coefficient (Wildman–Crippen LogP) is 4.20. The highest BCUT2D eigenvalue weighted by Crippen LogP contribution is 2.54. The van der Waals surface area contributed by atoms with Crippen LogP contribution in [0.4, 0.5) is 4.39 Å². The fourth-order valence-corrected chi connectivity index (χ4v) is 4.65. The van der Waals surface area contributed by atoms with Gasteiger partial charge in [0.1, 0.15) is 11.6 Å². The molecule has 28 heavy (non-hydrogen) atoms. The van der Waals surface area contributed by atoms with E-state index in [9.17, 15) is 14.0 Å². The van der Waals surface area contributed by atoms with Gasteiger partial charge in [0.15, 0.2) is 0 Å². The minimum atomic E-state index is -0.687. The van der Waals surface area contributed by atoms with E-state index in [-0.39, 0.29) is 11.5 Å². The third-order valence-corrected chi connectivity index (χ3v) is 6.29. The molecule has 0 unspecified atom stereocenters. The summed E-state index contributed by atoms with van der Waals surface area (Å²) >= 11 is 0. The number of halogens is 1. The van der Waals surface area contributed by atoms with Crippen LogP contribution in [0.15, 0.2) is 18.2 Å². The largest absolute Gasteiger partial charge is 0.493 e. The number of nitrogens with zero attached hydrogens (tertiary/aromatic N) is 1. The van der Waals surface area contributed by atoms with Crippen LogP contribution in [0.1, 0.15) is 62.2 Å². The lowest BCUT2D eigenvalue weighted by Gasteiger charge is -2.52. The zero-order valence-corrected chi connectivity index (χ0v) is 16.8. The quantitative estimate of drug-likeness (QED) is 0.516. The van der Waals surface area contributed by atoms with E-state index in [0.717, 1.165) is 44.7 Å². The summed E-state index contributed by atoms with van der Waals surface area (Å²) in [5.74, 6) is 0.128. The zero-order chi connectivity index (χ0) is 20.1. The van der Waals surface area contributed by atoms with Crippen molar-refractivity contribution in [2.24, 2.45) is 11.3 Å². The second-order valence-electron chi connectivity index (χ2n) is 8.13. The maximum Gasteiger partial charge on any atom is 0.340 e. The van der Waals surface area contributed by atoms with Gasteiger partial charge in [-0.3, -0.25) is 4.79 Å². The fraction of sp³-hybridized carbons (Fsp3) is 0.636. The van der Waals surface area contributed by atoms with Crippen LogP contribution in [0.5, 0.6) is 5.75 Å². The number of hydrogen-bond donors (Lipinski definition) is 0. The number of methoxy groups -OCH3 is 1. The Balaban J connectivity index is 1.34. The fourth-order valence-electron chi connectivity index (χ4n) is 4.65. The molecule has 154 valence electrons. The van der Waals surface area contributed by atoms with E-state index < -0.39 is 11.8 Å². The summed E-state index contributed by atoms with van der Waals surface area (Å²) in [6.45, 7) is 4.29. The molecule has 1 aliphatic heterocycles. The maximum absolute atomic E-state index is 13.9. The standard InChI is InChI=1S/C22H30FNO4/c1-3-20(25)24-10-8-22(9-11-24)14-16(15-22)5-4-12-28-17-6-7-18(19(23)13-17)21(26)27-2/h6-7,13,16H,3-5,8-12,14-15H2,1-2H3. The molecule has 1 heterocycles. The van der Waals surface area contributed by atoms with Crippen LogP contribution in [0.3, 0.4) is 0 Å². The lowest BCUT2D eigenvalue weighted by molar-refractivity contribution is -0.135. The lowest BCUT2D eigenvalue weighted by Crippen LogP contribution is -2.48. The Labute approximate surface area is 166 Å². The topological polar surface area (TPSA) is 55.8 Å². The average Bonchev–Trinajstić information content (AvgIpc) is 2.69. The molecule has 3 rings (SSSR count). The average molecular weight is 391 g/mol. The van der Waals surface area contributed by atoms with E-state index in [1.807, 2.05) is 11.8 Å². The molecule has 1 spiro atoms. The highest BCUT2D eigenvalue weighted by atomic mass is 19.1. The molecule has 1 amide bonds. The highest BCUT2D eigenvalue weighted by molar-refractivity contribution is 5.89. The van der Waals surface area contributed by atoms with Gasteiger partial charge < -0.3 is 14.4 Å². The van der Waals surface area contributed by atoms with Crippen molar-refractivity contribution in [3.05, 3.63) is 29.6 Å². The van der Waals surface area contributed by atoms with E-state index in [1.165, 1.54) is 32.1 Å². The molecule has 0 radical (unpaired) electrons. The lowest BCUT2D eigenvalue weighted by atomic mass is 9.56. The molecule has 0 aromatic heterocycles. The number of likely N-dealkylation sites (tertiary alicyclic amines) is 1. The van der Waals surface area contributed by atoms with Gasteiger partial charge in [-0.1, -0.05) is 6.92 Å². The van der Waals surface area contributed by atoms with Crippen LogP contribution >= 0.6 is 0 Å². The summed E-state index contributed by atoms with van der Waals surface area (Å²) in [5, 5.41) is 0. The third-order valence-electron chi connectivity index (χ3n) is 6.29. The summed E-state index contributed by atoms with van der Waals surface area (Å²) < 4.78 is 24.0. The minimum absolute atomic E-state index is 0.0821. The number of ether oxygens (including phenoxy) is 2. The molecule has 1 saturated carbocycles. The molecule has 1 aliphatic carbocycles. The van der Waals surface area contributed by atoms with Gasteiger partial charge in [0.2, 0.25) is 5.91 Å². The normalized spacial score (nSPS) is 18.6. The summed E-state index contributed by atoms with van der Waals surface area (Å²) in [6.07, 6.45) is 7.43. The molecular weight excluding hydrogens is 361 g/mol. The smallest absolute Gasteiger partial charge is 0.340 e. The van der Waals surface area contributed by atoms with Crippen molar-refractivity contribution in [1.29, 1.82) is 0 Å². The first kappa shape index (κ1) is 20.6. The SMILES string of the molecule is CCC(=O)N1CCC2(CC1)CC(CCCOc1ccc(C(=O)OC)c(F)c1)C2. The zero-order valence-electron chi connectivity index (χ0n) is 16.8. The molecule has 1 aromatic rings. The Kier molecular flexibility index (Phi) is 6.57. The van der Waals surface area contributed by atoms with Crippen LogP contribution in [0.2, 0.25) is 0 Å². The molecular formula is C22H30FNO4. The molecule has 2 fully saturated rings. The van der Waals surface area contributed by atoms with Gasteiger partial charge in [0.25, 0.3) is 0 Å². The second-order valence-corrected chi connectivity index (χ2v) is 8.13. The molecule has 6 heteroatoms. The Morgan fingerprint density at radius 3 is 2.57 bits per heavy atom. The highest BCUT2D eigenvalue weighted by Gasteiger charge is 2.45. The number of carbonyl (C=O) groups is 2. The summed E-state index contributed by atoms with van der Waals surface area (Å²) in [4.78, 5) is 25.2. The van der Waals surface area contributed by atoms with Crippen molar-refractivity contribution in [2.75, 3.05) is 26.8 Å². The number of amides is 1. The maximum atomic E-state index is 13.9. The van der Waals surface area contributed by atoms with Crippen molar-refractivity contribution in [1.82, 2.24) is 4.90 Å². The molecule has 5 nitrogen and oxygen atoms in total. The van der Waals surface area contributed by atoms with E-state index in [4.69, 9.17) is 4.74 Å². The molecule has 2 aliphatic rings. The summed E-state index contributed by atoms with van der Waals surface area (Å²) in [7, 11) is 1.23. The van der Waals surface area contributed by atoms with Gasteiger partial charge in [-0.25, -0.2) is 9.18 Å². The van der Waals surface area contributed by atoms with Gasteiger partial charge in [-0.05, 0) is 62.0 Å². The van der Waals surface area contributed by atoms with Crippen molar-refractivity contribution in [3.63, 3.8) is 0 Å². The Morgan fingerprint density at radius 1 is 1.25 bits per heavy atom. The summed E-state index contributed by atoms with van der Waals surface area (Å²) in [5.41, 5.74) is 0.379. The van der Waals surface area contributed by atoms with E-state index in [1.54, 1.807) is 6.07 Å². The van der Waals surface area contributed by atoms with Crippen molar-refractivity contribution in [3.8, 4) is 5.75 Å². The third kappa shape index (κ3) is 4.65. The van der Waals surface area contributed by atoms with Crippen molar-refractivity contribution < 1.29 is 23.5 Å². The molecule has 0 N–H and O–H groups in total. The number of carbonyl (C=O) groups excluding carboxylic acids is 2. The van der Waals surface area contributed by atoms with Crippen LogP contribution in [-0.4, -0.2) is 43.6 Å². The molecule has 0 bridgehead atoms. The van der Waals surface area contributed by atoms with Gasteiger partial charge in [-0.2, -0.15) is 0 Å². The first-order chi connectivity index (χ1) is 13.5. The van der Waals surface area contributed by atoms with Gasteiger partial charge in [-0.15, -0.1) is 0 Å². The second kappa shape index (κ2) is 8.93. The van der Waals surface area contributed by atoms with E-state index in [0.29, 0.717) is 24.2 Å². The Hall–Kier alpha value is -2.11. The Bertz CT molecular complexity index is 704. The molecule has 1 aromatic carbocycles. The van der Waals surface area contributed by atoms with Crippen LogP contribution < -0.4 is 4.74 Å². The van der Waals surface area contributed by atoms with Crippen LogP contribution in [0, 0.1) is 17.2 Å².